The van der Waals surface area contributed by atoms with Gasteiger partial charge in [0, 0.05) is 6.61 Å². The van der Waals surface area contributed by atoms with Crippen LogP contribution in [0.5, 0.6) is 0 Å². The summed E-state index contributed by atoms with van der Waals surface area (Å²) in [5.74, 6) is 0.897. The number of carbonyl (C=O) groups excluding carboxylic acids is 1. The molecule has 0 spiro atoms. The van der Waals surface area contributed by atoms with E-state index < -0.39 is 0 Å². The van der Waals surface area contributed by atoms with E-state index in [4.69, 9.17) is 9.47 Å². The molecule has 140 valence electrons. The van der Waals surface area contributed by atoms with Gasteiger partial charge in [0.15, 0.2) is 0 Å². The molecule has 2 rings (SSSR count). The van der Waals surface area contributed by atoms with Gasteiger partial charge in [0.25, 0.3) is 0 Å². The van der Waals surface area contributed by atoms with Gasteiger partial charge in [0.1, 0.15) is 6.61 Å². The van der Waals surface area contributed by atoms with Gasteiger partial charge in [-0.15, -0.1) is 0 Å². The van der Waals surface area contributed by atoms with Crippen molar-refractivity contribution in [3.63, 3.8) is 0 Å². The standard InChI is InChI=1S/C21H38O3/c1-20(2)13-8-9-17(15-20)12-14-24-21(3,4)16-23-19(22)18-10-6-5-7-11-18/h17-18H,5-16H2,1-4H3. The van der Waals surface area contributed by atoms with E-state index in [1.807, 2.05) is 13.8 Å². The minimum atomic E-state index is -0.380. The molecule has 0 aromatic heterocycles. The molecule has 0 radical (unpaired) electrons. The molecule has 3 heteroatoms. The van der Waals surface area contributed by atoms with Gasteiger partial charge in [0.05, 0.1) is 11.5 Å². The molecule has 2 saturated carbocycles. The molecule has 0 bridgehead atoms. The first kappa shape index (κ1) is 19.8. The third-order valence-electron chi connectivity index (χ3n) is 5.83. The molecule has 0 amide bonds. The first-order valence-electron chi connectivity index (χ1n) is 10.1. The number of hydrogen-bond acceptors (Lipinski definition) is 3. The number of carbonyl (C=O) groups is 1. The van der Waals surface area contributed by atoms with Crippen molar-refractivity contribution >= 4 is 5.97 Å². The molecule has 0 N–H and O–H groups in total. The molecule has 0 aliphatic heterocycles. The van der Waals surface area contributed by atoms with Crippen LogP contribution in [-0.4, -0.2) is 24.8 Å². The van der Waals surface area contributed by atoms with Crippen molar-refractivity contribution in [2.75, 3.05) is 13.2 Å². The van der Waals surface area contributed by atoms with E-state index in [0.717, 1.165) is 44.6 Å². The van der Waals surface area contributed by atoms with Crippen molar-refractivity contribution in [1.82, 2.24) is 0 Å². The largest absolute Gasteiger partial charge is 0.462 e. The Bertz CT molecular complexity index is 394. The van der Waals surface area contributed by atoms with Gasteiger partial charge in [-0.1, -0.05) is 46.0 Å². The van der Waals surface area contributed by atoms with Crippen molar-refractivity contribution in [1.29, 1.82) is 0 Å². The van der Waals surface area contributed by atoms with Crippen LogP contribution in [0.25, 0.3) is 0 Å². The molecular weight excluding hydrogens is 300 g/mol. The second-order valence-electron chi connectivity index (χ2n) is 9.47. The number of esters is 1. The first-order valence-corrected chi connectivity index (χ1v) is 10.1. The van der Waals surface area contributed by atoms with Gasteiger partial charge in [-0.3, -0.25) is 4.79 Å². The molecule has 0 aromatic rings. The SMILES string of the molecule is CC1(C)CCCC(CCOC(C)(C)COC(=O)C2CCCCC2)C1. The van der Waals surface area contributed by atoms with Crippen LogP contribution in [-0.2, 0) is 14.3 Å². The lowest BCUT2D eigenvalue weighted by Gasteiger charge is -2.35. The Hall–Kier alpha value is -0.570. The van der Waals surface area contributed by atoms with Crippen molar-refractivity contribution in [3.05, 3.63) is 0 Å². The molecule has 1 atom stereocenters. The summed E-state index contributed by atoms with van der Waals surface area (Å²) in [6.07, 6.45) is 12.1. The summed E-state index contributed by atoms with van der Waals surface area (Å²) in [7, 11) is 0. The van der Waals surface area contributed by atoms with Crippen LogP contribution >= 0.6 is 0 Å². The highest BCUT2D eigenvalue weighted by Crippen LogP contribution is 2.39. The maximum atomic E-state index is 12.2. The molecule has 1 unspecified atom stereocenters. The van der Waals surface area contributed by atoms with E-state index in [1.165, 1.54) is 32.1 Å². The molecule has 0 saturated heterocycles. The van der Waals surface area contributed by atoms with Crippen LogP contribution in [0.4, 0.5) is 0 Å². The van der Waals surface area contributed by atoms with E-state index in [9.17, 15) is 4.79 Å². The summed E-state index contributed by atoms with van der Waals surface area (Å²) in [5, 5.41) is 0. The van der Waals surface area contributed by atoms with E-state index in [0.29, 0.717) is 12.0 Å². The maximum absolute atomic E-state index is 12.2. The Morgan fingerprint density at radius 3 is 2.46 bits per heavy atom. The Morgan fingerprint density at radius 2 is 1.79 bits per heavy atom. The lowest BCUT2D eigenvalue weighted by Crippen LogP contribution is -2.34. The van der Waals surface area contributed by atoms with Crippen molar-refractivity contribution in [3.8, 4) is 0 Å². The predicted molar refractivity (Wildman–Crippen MR) is 97.9 cm³/mol. The van der Waals surface area contributed by atoms with Gasteiger partial charge in [-0.05, 0) is 57.3 Å². The number of hydrogen-bond donors (Lipinski definition) is 0. The minimum Gasteiger partial charge on any atom is -0.462 e. The average Bonchev–Trinajstić information content (AvgIpc) is 2.52. The van der Waals surface area contributed by atoms with Gasteiger partial charge in [0.2, 0.25) is 0 Å². The highest BCUT2D eigenvalue weighted by Gasteiger charge is 2.29. The fourth-order valence-corrected chi connectivity index (χ4v) is 4.35. The summed E-state index contributed by atoms with van der Waals surface area (Å²) in [4.78, 5) is 12.2. The van der Waals surface area contributed by atoms with Crippen LogP contribution < -0.4 is 0 Å². The number of ether oxygens (including phenoxy) is 2. The summed E-state index contributed by atoms with van der Waals surface area (Å²) < 4.78 is 11.6. The Kier molecular flexibility index (Phi) is 7.15. The lowest BCUT2D eigenvalue weighted by atomic mass is 9.71. The van der Waals surface area contributed by atoms with Crippen LogP contribution in [0.1, 0.15) is 91.9 Å². The van der Waals surface area contributed by atoms with Gasteiger partial charge >= 0.3 is 5.97 Å². The Labute approximate surface area is 148 Å². The highest BCUT2D eigenvalue weighted by molar-refractivity contribution is 5.72. The summed E-state index contributed by atoms with van der Waals surface area (Å²) >= 11 is 0. The molecule has 0 aromatic carbocycles. The molecular formula is C21H38O3. The van der Waals surface area contributed by atoms with Crippen LogP contribution in [0.15, 0.2) is 0 Å². The first-order chi connectivity index (χ1) is 11.3. The third kappa shape index (κ3) is 6.74. The topological polar surface area (TPSA) is 35.5 Å². The number of rotatable bonds is 7. The molecule has 3 nitrogen and oxygen atoms in total. The smallest absolute Gasteiger partial charge is 0.309 e. The molecule has 2 fully saturated rings. The monoisotopic (exact) mass is 338 g/mol. The van der Waals surface area contributed by atoms with E-state index in [2.05, 4.69) is 13.8 Å². The molecule has 2 aliphatic carbocycles. The van der Waals surface area contributed by atoms with Crippen molar-refractivity contribution in [2.45, 2.75) is 97.5 Å². The predicted octanol–water partition coefficient (Wildman–Crippen LogP) is 5.51. The van der Waals surface area contributed by atoms with Crippen LogP contribution in [0.2, 0.25) is 0 Å². The molecule has 2 aliphatic rings. The fourth-order valence-electron chi connectivity index (χ4n) is 4.35. The van der Waals surface area contributed by atoms with Crippen LogP contribution in [0, 0.1) is 17.3 Å². The second-order valence-corrected chi connectivity index (χ2v) is 9.47. The van der Waals surface area contributed by atoms with Crippen molar-refractivity contribution < 1.29 is 14.3 Å². The molecule has 24 heavy (non-hydrogen) atoms. The van der Waals surface area contributed by atoms with E-state index in [-0.39, 0.29) is 17.5 Å². The van der Waals surface area contributed by atoms with Gasteiger partial charge in [-0.25, -0.2) is 0 Å². The lowest BCUT2D eigenvalue weighted by molar-refractivity contribution is -0.159. The summed E-state index contributed by atoms with van der Waals surface area (Å²) in [6.45, 7) is 9.98. The maximum Gasteiger partial charge on any atom is 0.309 e. The zero-order valence-electron chi connectivity index (χ0n) is 16.4. The fraction of sp³-hybridized carbons (Fsp3) is 0.952. The Balaban J connectivity index is 1.64. The zero-order chi connectivity index (χ0) is 17.6. The summed E-state index contributed by atoms with van der Waals surface area (Å²) in [5.41, 5.74) is 0.114. The van der Waals surface area contributed by atoms with Gasteiger partial charge in [-0.2, -0.15) is 0 Å². The second kappa shape index (κ2) is 8.69. The third-order valence-corrected chi connectivity index (χ3v) is 5.83. The van der Waals surface area contributed by atoms with Gasteiger partial charge < -0.3 is 9.47 Å². The quantitative estimate of drug-likeness (QED) is 0.574. The molecule has 0 heterocycles. The van der Waals surface area contributed by atoms with E-state index in [1.54, 1.807) is 0 Å². The van der Waals surface area contributed by atoms with Crippen molar-refractivity contribution in [2.24, 2.45) is 17.3 Å². The average molecular weight is 339 g/mol. The highest BCUT2D eigenvalue weighted by atomic mass is 16.6. The van der Waals surface area contributed by atoms with Crippen LogP contribution in [0.3, 0.4) is 0 Å². The Morgan fingerprint density at radius 1 is 1.08 bits per heavy atom. The van der Waals surface area contributed by atoms with E-state index >= 15 is 0 Å². The normalized spacial score (nSPS) is 25.4. The minimum absolute atomic E-state index is 0.0135. The summed E-state index contributed by atoms with van der Waals surface area (Å²) in [6, 6.07) is 0. The zero-order valence-corrected chi connectivity index (χ0v) is 16.4.